The quantitative estimate of drug-likeness (QED) is 0.646. The number of alkyl halides is 3. The molecule has 3 rings (SSSR count). The van der Waals surface area contributed by atoms with Crippen molar-refractivity contribution < 1.29 is 13.2 Å². The minimum Gasteiger partial charge on any atom is -0.345 e. The summed E-state index contributed by atoms with van der Waals surface area (Å²) in [6.07, 6.45) is -4.51. The van der Waals surface area contributed by atoms with E-state index in [0.717, 1.165) is 17.6 Å². The van der Waals surface area contributed by atoms with Gasteiger partial charge in [0.2, 0.25) is 0 Å². The van der Waals surface area contributed by atoms with Gasteiger partial charge < -0.3 is 5.32 Å². The van der Waals surface area contributed by atoms with Crippen LogP contribution in [0.2, 0.25) is 0 Å². The lowest BCUT2D eigenvalue weighted by atomic mass is 10.1. The molecular formula is C18H14F3N3OS. The fourth-order valence-corrected chi connectivity index (χ4v) is 3.47. The highest BCUT2D eigenvalue weighted by Gasteiger charge is 2.33. The summed E-state index contributed by atoms with van der Waals surface area (Å²) in [5, 5.41) is 3.06. The monoisotopic (exact) mass is 377 g/mol. The lowest BCUT2D eigenvalue weighted by Crippen LogP contribution is -2.15. The molecule has 0 radical (unpaired) electrons. The molecule has 3 aromatic rings. The van der Waals surface area contributed by atoms with Crippen molar-refractivity contribution in [1.29, 1.82) is 0 Å². The van der Waals surface area contributed by atoms with E-state index in [9.17, 15) is 18.0 Å². The molecule has 8 heteroatoms. The van der Waals surface area contributed by atoms with Gasteiger partial charge in [-0.3, -0.25) is 9.79 Å². The molecule has 2 aromatic carbocycles. The Morgan fingerprint density at radius 3 is 2.38 bits per heavy atom. The third-order valence-corrected chi connectivity index (χ3v) is 4.73. The summed E-state index contributed by atoms with van der Waals surface area (Å²) in [7, 11) is 0. The first kappa shape index (κ1) is 17.9. The van der Waals surface area contributed by atoms with E-state index in [2.05, 4.69) is 17.0 Å². The minimum absolute atomic E-state index is 0.00564. The van der Waals surface area contributed by atoms with E-state index in [-0.39, 0.29) is 23.4 Å². The summed E-state index contributed by atoms with van der Waals surface area (Å²) in [6.45, 7) is 3.39. The van der Waals surface area contributed by atoms with Crippen LogP contribution in [0, 0.1) is 0 Å². The third kappa shape index (κ3) is 3.55. The molecule has 0 saturated carbocycles. The van der Waals surface area contributed by atoms with E-state index in [4.69, 9.17) is 0 Å². The average molecular weight is 377 g/mol. The third-order valence-electron chi connectivity index (χ3n) is 3.64. The SMILES string of the molecule is C=NCc1c(Nc2ccccc2C(F)(F)F)sn(-c2ccccc2)c1=O. The van der Waals surface area contributed by atoms with E-state index >= 15 is 0 Å². The summed E-state index contributed by atoms with van der Waals surface area (Å²) in [5.41, 5.74) is -0.354. The summed E-state index contributed by atoms with van der Waals surface area (Å²) >= 11 is 1.03. The van der Waals surface area contributed by atoms with Gasteiger partial charge in [0.1, 0.15) is 5.00 Å². The van der Waals surface area contributed by atoms with Gasteiger partial charge >= 0.3 is 6.18 Å². The lowest BCUT2D eigenvalue weighted by Gasteiger charge is -2.13. The first-order valence-electron chi connectivity index (χ1n) is 7.58. The van der Waals surface area contributed by atoms with Gasteiger partial charge in [0.25, 0.3) is 5.56 Å². The molecule has 0 aliphatic rings. The molecule has 0 fully saturated rings. The van der Waals surface area contributed by atoms with Crippen molar-refractivity contribution in [2.45, 2.75) is 12.7 Å². The molecule has 26 heavy (non-hydrogen) atoms. The topological polar surface area (TPSA) is 46.4 Å². The molecular weight excluding hydrogens is 363 g/mol. The maximum absolute atomic E-state index is 13.2. The van der Waals surface area contributed by atoms with Crippen molar-refractivity contribution >= 4 is 28.9 Å². The normalized spacial score (nSPS) is 11.3. The van der Waals surface area contributed by atoms with Crippen LogP contribution in [-0.2, 0) is 12.7 Å². The van der Waals surface area contributed by atoms with E-state index in [1.54, 1.807) is 24.3 Å². The number of halogens is 3. The Hall–Kier alpha value is -2.87. The van der Waals surface area contributed by atoms with Crippen molar-refractivity contribution in [3.63, 3.8) is 0 Å². The van der Waals surface area contributed by atoms with Gasteiger partial charge in [0.15, 0.2) is 0 Å². The smallest absolute Gasteiger partial charge is 0.345 e. The van der Waals surface area contributed by atoms with Crippen LogP contribution in [0.3, 0.4) is 0 Å². The van der Waals surface area contributed by atoms with Crippen molar-refractivity contribution in [2.75, 3.05) is 5.32 Å². The highest BCUT2D eigenvalue weighted by molar-refractivity contribution is 7.11. The lowest BCUT2D eigenvalue weighted by molar-refractivity contribution is -0.136. The van der Waals surface area contributed by atoms with Gasteiger partial charge in [-0.05, 0) is 42.5 Å². The molecule has 4 nitrogen and oxygen atoms in total. The van der Waals surface area contributed by atoms with Crippen molar-refractivity contribution in [1.82, 2.24) is 3.96 Å². The zero-order valence-electron chi connectivity index (χ0n) is 13.5. The standard InChI is InChI=1S/C18H14F3N3OS/c1-22-11-13-16(23-15-10-6-5-9-14(15)18(19,20)21)26-24(17(13)25)12-7-3-2-4-8-12/h2-10,23H,1,11H2. The molecule has 0 atom stereocenters. The number of aromatic nitrogens is 1. The van der Waals surface area contributed by atoms with Crippen LogP contribution in [-0.4, -0.2) is 10.7 Å². The van der Waals surface area contributed by atoms with E-state index in [1.165, 1.54) is 22.2 Å². The van der Waals surface area contributed by atoms with Crippen molar-refractivity contribution in [2.24, 2.45) is 4.99 Å². The number of nitrogens with one attached hydrogen (secondary N) is 1. The molecule has 0 bridgehead atoms. The van der Waals surface area contributed by atoms with Gasteiger partial charge in [-0.2, -0.15) is 13.2 Å². The maximum atomic E-state index is 13.2. The van der Waals surface area contributed by atoms with Gasteiger partial charge in [-0.15, -0.1) is 0 Å². The second-order valence-corrected chi connectivity index (χ2v) is 6.34. The number of nitrogens with zero attached hydrogens (tertiary/aromatic N) is 2. The van der Waals surface area contributed by atoms with E-state index in [0.29, 0.717) is 10.7 Å². The average Bonchev–Trinajstić information content (AvgIpc) is 2.92. The van der Waals surface area contributed by atoms with Crippen LogP contribution < -0.4 is 10.9 Å². The zero-order chi connectivity index (χ0) is 18.7. The number of hydrogen-bond acceptors (Lipinski definition) is 4. The van der Waals surface area contributed by atoms with Gasteiger partial charge in [-0.1, -0.05) is 30.3 Å². The highest BCUT2D eigenvalue weighted by atomic mass is 32.1. The van der Waals surface area contributed by atoms with Crippen molar-refractivity contribution in [3.8, 4) is 5.69 Å². The van der Waals surface area contributed by atoms with E-state index in [1.807, 2.05) is 6.07 Å². The van der Waals surface area contributed by atoms with Gasteiger partial charge in [0, 0.05) is 0 Å². The molecule has 1 heterocycles. The van der Waals surface area contributed by atoms with Gasteiger partial charge in [-0.25, -0.2) is 3.96 Å². The fraction of sp³-hybridized carbons (Fsp3) is 0.111. The molecule has 0 amide bonds. The minimum atomic E-state index is -4.51. The molecule has 0 saturated heterocycles. The van der Waals surface area contributed by atoms with Crippen LogP contribution in [0.5, 0.6) is 0 Å². The number of benzene rings is 2. The second kappa shape index (κ2) is 7.17. The maximum Gasteiger partial charge on any atom is 0.418 e. The predicted octanol–water partition coefficient (Wildman–Crippen LogP) is 4.86. The molecule has 1 N–H and O–H groups in total. The van der Waals surface area contributed by atoms with Crippen molar-refractivity contribution in [3.05, 3.63) is 76.1 Å². The Bertz CT molecular complexity index is 977. The first-order valence-corrected chi connectivity index (χ1v) is 8.35. The number of hydrogen-bond donors (Lipinski definition) is 1. The van der Waals surface area contributed by atoms with Crippen LogP contribution in [0.1, 0.15) is 11.1 Å². The van der Waals surface area contributed by atoms with E-state index < -0.39 is 11.7 Å². The summed E-state index contributed by atoms with van der Waals surface area (Å²) in [6, 6.07) is 14.0. The summed E-state index contributed by atoms with van der Waals surface area (Å²) < 4.78 is 41.1. The largest absolute Gasteiger partial charge is 0.418 e. The Morgan fingerprint density at radius 2 is 1.73 bits per heavy atom. The molecule has 0 aliphatic carbocycles. The molecule has 0 spiro atoms. The second-order valence-electron chi connectivity index (χ2n) is 5.38. The number of anilines is 2. The molecule has 134 valence electrons. The van der Waals surface area contributed by atoms with Crippen LogP contribution in [0.15, 0.2) is 64.4 Å². The Kier molecular flexibility index (Phi) is 4.94. The highest BCUT2D eigenvalue weighted by Crippen LogP contribution is 2.37. The zero-order valence-corrected chi connectivity index (χ0v) is 14.3. The van der Waals surface area contributed by atoms with Crippen LogP contribution >= 0.6 is 11.5 Å². The number of para-hydroxylation sites is 2. The Morgan fingerprint density at radius 1 is 1.08 bits per heavy atom. The first-order chi connectivity index (χ1) is 12.4. The molecule has 0 unspecified atom stereocenters. The number of rotatable bonds is 5. The van der Waals surface area contributed by atoms with Gasteiger partial charge in [0.05, 0.1) is 29.0 Å². The summed E-state index contributed by atoms with van der Waals surface area (Å²) in [5.74, 6) is 0. The number of aliphatic imine (C=N–C) groups is 1. The Balaban J connectivity index is 2.09. The summed E-state index contributed by atoms with van der Waals surface area (Å²) in [4.78, 5) is 16.4. The Labute approximate surface area is 151 Å². The van der Waals surface area contributed by atoms with Crippen LogP contribution in [0.4, 0.5) is 23.9 Å². The molecule has 0 aliphatic heterocycles. The predicted molar refractivity (Wildman–Crippen MR) is 97.9 cm³/mol. The van der Waals surface area contributed by atoms with Crippen LogP contribution in [0.25, 0.3) is 5.69 Å². The fourth-order valence-electron chi connectivity index (χ4n) is 2.45. The molecule has 1 aromatic heterocycles.